The minimum absolute atomic E-state index is 0.694. The first-order valence-electron chi connectivity index (χ1n) is 6.40. The maximum absolute atomic E-state index is 3.43. The molecule has 15 heavy (non-hydrogen) atoms. The van der Waals surface area contributed by atoms with Crippen molar-refractivity contribution in [2.24, 2.45) is 0 Å². The quantitative estimate of drug-likeness (QED) is 0.691. The summed E-state index contributed by atoms with van der Waals surface area (Å²) in [6.45, 7) is 9.36. The highest BCUT2D eigenvalue weighted by Crippen LogP contribution is 2.11. The number of nitrogens with zero attached hydrogens (tertiary/aromatic N) is 1. The van der Waals surface area contributed by atoms with Gasteiger partial charge in [-0.05, 0) is 26.8 Å². The maximum atomic E-state index is 3.43. The van der Waals surface area contributed by atoms with Crippen LogP contribution < -0.4 is 10.6 Å². The number of hydrogen-bond donors (Lipinski definition) is 2. The standard InChI is InChI=1S/C12H27N3/c1-4-5-12(13-3)10-11(2)15-8-6-14-7-9-15/h11-14H,4-10H2,1-3H3. The van der Waals surface area contributed by atoms with E-state index >= 15 is 0 Å². The molecule has 2 N–H and O–H groups in total. The summed E-state index contributed by atoms with van der Waals surface area (Å²) < 4.78 is 0. The van der Waals surface area contributed by atoms with Crippen molar-refractivity contribution in [2.75, 3.05) is 33.2 Å². The Balaban J connectivity index is 2.28. The molecule has 1 fully saturated rings. The van der Waals surface area contributed by atoms with Crippen molar-refractivity contribution >= 4 is 0 Å². The fourth-order valence-corrected chi connectivity index (χ4v) is 2.41. The first-order chi connectivity index (χ1) is 7.27. The molecule has 0 bridgehead atoms. The van der Waals surface area contributed by atoms with Crippen LogP contribution >= 0.6 is 0 Å². The summed E-state index contributed by atoms with van der Waals surface area (Å²) in [5.41, 5.74) is 0. The Morgan fingerprint density at radius 1 is 1.33 bits per heavy atom. The molecule has 90 valence electrons. The minimum Gasteiger partial charge on any atom is -0.317 e. The second-order valence-electron chi connectivity index (χ2n) is 4.64. The van der Waals surface area contributed by atoms with Gasteiger partial charge in [0.25, 0.3) is 0 Å². The van der Waals surface area contributed by atoms with Gasteiger partial charge in [-0.2, -0.15) is 0 Å². The summed E-state index contributed by atoms with van der Waals surface area (Å²) in [4.78, 5) is 2.61. The average Bonchev–Trinajstić information content (AvgIpc) is 2.29. The van der Waals surface area contributed by atoms with E-state index in [0.717, 1.165) is 19.1 Å². The van der Waals surface area contributed by atoms with E-state index in [2.05, 4.69) is 36.4 Å². The SMILES string of the molecule is CCCC(CC(C)N1CCNCC1)NC. The van der Waals surface area contributed by atoms with Gasteiger partial charge in [-0.1, -0.05) is 13.3 Å². The minimum atomic E-state index is 0.694. The van der Waals surface area contributed by atoms with E-state index in [4.69, 9.17) is 0 Å². The number of rotatable bonds is 6. The molecule has 1 rings (SSSR count). The van der Waals surface area contributed by atoms with Gasteiger partial charge in [-0.3, -0.25) is 4.90 Å². The van der Waals surface area contributed by atoms with Gasteiger partial charge in [0.15, 0.2) is 0 Å². The lowest BCUT2D eigenvalue weighted by atomic mass is 10.0. The monoisotopic (exact) mass is 213 g/mol. The molecular weight excluding hydrogens is 186 g/mol. The van der Waals surface area contributed by atoms with E-state index in [1.807, 2.05) is 0 Å². The van der Waals surface area contributed by atoms with Crippen LogP contribution in [0.2, 0.25) is 0 Å². The van der Waals surface area contributed by atoms with Gasteiger partial charge < -0.3 is 10.6 Å². The molecule has 0 aromatic rings. The zero-order valence-electron chi connectivity index (χ0n) is 10.6. The first kappa shape index (κ1) is 12.9. The zero-order valence-corrected chi connectivity index (χ0v) is 10.6. The van der Waals surface area contributed by atoms with Crippen molar-refractivity contribution in [1.29, 1.82) is 0 Å². The Morgan fingerprint density at radius 3 is 2.53 bits per heavy atom. The highest BCUT2D eigenvalue weighted by molar-refractivity contribution is 4.78. The first-order valence-corrected chi connectivity index (χ1v) is 6.40. The van der Waals surface area contributed by atoms with Gasteiger partial charge in [-0.15, -0.1) is 0 Å². The van der Waals surface area contributed by atoms with Gasteiger partial charge in [0, 0.05) is 38.3 Å². The number of hydrogen-bond acceptors (Lipinski definition) is 3. The molecular formula is C12H27N3. The fraction of sp³-hybridized carbons (Fsp3) is 1.00. The molecule has 2 unspecified atom stereocenters. The summed E-state index contributed by atoms with van der Waals surface area (Å²) in [6, 6.07) is 1.41. The summed E-state index contributed by atoms with van der Waals surface area (Å²) >= 11 is 0. The van der Waals surface area contributed by atoms with E-state index in [0.29, 0.717) is 6.04 Å². The highest BCUT2D eigenvalue weighted by Gasteiger charge is 2.18. The van der Waals surface area contributed by atoms with Crippen LogP contribution in [-0.2, 0) is 0 Å². The van der Waals surface area contributed by atoms with Crippen molar-refractivity contribution in [3.05, 3.63) is 0 Å². The van der Waals surface area contributed by atoms with Gasteiger partial charge in [0.05, 0.1) is 0 Å². The summed E-state index contributed by atoms with van der Waals surface area (Å²) in [6.07, 6.45) is 3.86. The molecule has 1 aliphatic rings. The zero-order chi connectivity index (χ0) is 11.1. The van der Waals surface area contributed by atoms with Crippen LogP contribution in [-0.4, -0.2) is 50.2 Å². The van der Waals surface area contributed by atoms with Crippen LogP contribution in [0, 0.1) is 0 Å². The van der Waals surface area contributed by atoms with E-state index < -0.39 is 0 Å². The molecule has 1 saturated heterocycles. The molecule has 3 heteroatoms. The highest BCUT2D eigenvalue weighted by atomic mass is 15.2. The lowest BCUT2D eigenvalue weighted by Gasteiger charge is -2.34. The normalized spacial score (nSPS) is 22.6. The van der Waals surface area contributed by atoms with Crippen LogP contribution in [0.3, 0.4) is 0 Å². The molecule has 1 heterocycles. The molecule has 0 aliphatic carbocycles. The average molecular weight is 213 g/mol. The second kappa shape index (κ2) is 7.20. The lowest BCUT2D eigenvalue weighted by molar-refractivity contribution is 0.165. The summed E-state index contributed by atoms with van der Waals surface area (Å²) in [5, 5.41) is 6.84. The third-order valence-electron chi connectivity index (χ3n) is 3.45. The van der Waals surface area contributed by atoms with Crippen molar-refractivity contribution in [2.45, 2.75) is 45.2 Å². The largest absolute Gasteiger partial charge is 0.317 e. The fourth-order valence-electron chi connectivity index (χ4n) is 2.41. The van der Waals surface area contributed by atoms with Crippen LogP contribution in [0.4, 0.5) is 0 Å². The Kier molecular flexibility index (Phi) is 6.22. The van der Waals surface area contributed by atoms with Crippen LogP contribution in [0.25, 0.3) is 0 Å². The summed E-state index contributed by atoms with van der Waals surface area (Å²) in [5.74, 6) is 0. The smallest absolute Gasteiger partial charge is 0.0110 e. The molecule has 1 aliphatic heterocycles. The van der Waals surface area contributed by atoms with E-state index in [1.165, 1.54) is 32.4 Å². The number of nitrogens with one attached hydrogen (secondary N) is 2. The van der Waals surface area contributed by atoms with Crippen molar-refractivity contribution < 1.29 is 0 Å². The lowest BCUT2D eigenvalue weighted by Crippen LogP contribution is -2.49. The molecule has 0 amide bonds. The van der Waals surface area contributed by atoms with E-state index in [1.54, 1.807) is 0 Å². The number of piperazine rings is 1. The molecule has 3 nitrogen and oxygen atoms in total. The topological polar surface area (TPSA) is 27.3 Å². The van der Waals surface area contributed by atoms with Gasteiger partial charge in [0.1, 0.15) is 0 Å². The Morgan fingerprint density at radius 2 is 2.00 bits per heavy atom. The third-order valence-corrected chi connectivity index (χ3v) is 3.45. The third kappa shape index (κ3) is 4.49. The van der Waals surface area contributed by atoms with Gasteiger partial charge in [0.2, 0.25) is 0 Å². The van der Waals surface area contributed by atoms with Crippen LogP contribution in [0.15, 0.2) is 0 Å². The Hall–Kier alpha value is -0.120. The second-order valence-corrected chi connectivity index (χ2v) is 4.64. The predicted octanol–water partition coefficient (Wildman–Crippen LogP) is 1.06. The van der Waals surface area contributed by atoms with Gasteiger partial charge >= 0.3 is 0 Å². The van der Waals surface area contributed by atoms with Gasteiger partial charge in [-0.25, -0.2) is 0 Å². The van der Waals surface area contributed by atoms with Crippen molar-refractivity contribution in [1.82, 2.24) is 15.5 Å². The van der Waals surface area contributed by atoms with Crippen LogP contribution in [0.5, 0.6) is 0 Å². The molecule has 2 atom stereocenters. The molecule has 0 aromatic heterocycles. The van der Waals surface area contributed by atoms with Crippen LogP contribution in [0.1, 0.15) is 33.1 Å². The Labute approximate surface area is 94.6 Å². The van der Waals surface area contributed by atoms with E-state index in [9.17, 15) is 0 Å². The van der Waals surface area contributed by atoms with Crippen molar-refractivity contribution in [3.8, 4) is 0 Å². The van der Waals surface area contributed by atoms with E-state index in [-0.39, 0.29) is 0 Å². The van der Waals surface area contributed by atoms with Crippen molar-refractivity contribution in [3.63, 3.8) is 0 Å². The molecule has 0 saturated carbocycles. The molecule has 0 spiro atoms. The molecule has 0 aromatic carbocycles. The predicted molar refractivity (Wildman–Crippen MR) is 66.3 cm³/mol. The Bertz CT molecular complexity index is 155. The summed E-state index contributed by atoms with van der Waals surface area (Å²) in [7, 11) is 2.09. The maximum Gasteiger partial charge on any atom is 0.0110 e. The molecule has 0 radical (unpaired) electrons.